The highest BCUT2D eigenvalue weighted by Crippen LogP contribution is 2.22. The van der Waals surface area contributed by atoms with Gasteiger partial charge in [-0.3, -0.25) is 4.79 Å². The third-order valence-electron chi connectivity index (χ3n) is 4.29. The van der Waals surface area contributed by atoms with Crippen LogP contribution in [0.5, 0.6) is 5.75 Å². The predicted molar refractivity (Wildman–Crippen MR) is 100 cm³/mol. The highest BCUT2D eigenvalue weighted by Gasteiger charge is 2.20. The minimum absolute atomic E-state index is 0.194. The van der Waals surface area contributed by atoms with Crippen molar-refractivity contribution in [1.82, 2.24) is 14.9 Å². The van der Waals surface area contributed by atoms with Crippen molar-refractivity contribution in [2.45, 2.75) is 19.5 Å². The Bertz CT molecular complexity index is 904. The average molecular weight is 353 g/mol. The van der Waals surface area contributed by atoms with Crippen LogP contribution in [0.25, 0.3) is 11.0 Å². The Kier molecular flexibility index (Phi) is 5.53. The third kappa shape index (κ3) is 3.55. The van der Waals surface area contributed by atoms with E-state index in [1.807, 2.05) is 43.3 Å². The summed E-state index contributed by atoms with van der Waals surface area (Å²) in [6, 6.07) is 14.8. The zero-order chi connectivity index (χ0) is 18.5. The molecule has 0 bridgehead atoms. The van der Waals surface area contributed by atoms with Gasteiger partial charge < -0.3 is 19.4 Å². The Balaban J connectivity index is 1.89. The van der Waals surface area contributed by atoms with Gasteiger partial charge in [-0.25, -0.2) is 4.98 Å². The van der Waals surface area contributed by atoms with Crippen molar-refractivity contribution < 1.29 is 14.3 Å². The third-order valence-corrected chi connectivity index (χ3v) is 4.29. The lowest BCUT2D eigenvalue weighted by molar-refractivity contribution is 0.0934. The maximum absolute atomic E-state index is 12.7. The second kappa shape index (κ2) is 8.01. The molecule has 0 saturated heterocycles. The summed E-state index contributed by atoms with van der Waals surface area (Å²) in [5.74, 6) is 1.15. The smallest absolute Gasteiger partial charge is 0.255 e. The number of carbonyl (C=O) groups excluding carboxylic acids is 1. The molecule has 3 aromatic rings. The van der Waals surface area contributed by atoms with Gasteiger partial charge in [0.1, 0.15) is 11.6 Å². The molecule has 0 aliphatic rings. The molecule has 1 N–H and O–H groups in total. The summed E-state index contributed by atoms with van der Waals surface area (Å²) >= 11 is 0. The van der Waals surface area contributed by atoms with E-state index < -0.39 is 0 Å². The minimum atomic E-state index is -0.267. The lowest BCUT2D eigenvalue weighted by Gasteiger charge is -2.17. The lowest BCUT2D eigenvalue weighted by Crippen LogP contribution is -2.29. The predicted octanol–water partition coefficient (Wildman–Crippen LogP) is 3.18. The molecule has 0 saturated carbocycles. The minimum Gasteiger partial charge on any atom is -0.496 e. The molecule has 0 aliphatic heterocycles. The maximum Gasteiger partial charge on any atom is 0.255 e. The normalized spacial score (nSPS) is 12.1. The Morgan fingerprint density at radius 2 is 1.88 bits per heavy atom. The molecule has 0 fully saturated rings. The number of aromatic nitrogens is 2. The Morgan fingerprint density at radius 1 is 1.15 bits per heavy atom. The molecule has 6 nitrogen and oxygen atoms in total. The van der Waals surface area contributed by atoms with Crippen LogP contribution >= 0.6 is 0 Å². The van der Waals surface area contributed by atoms with Crippen molar-refractivity contribution in [1.29, 1.82) is 0 Å². The van der Waals surface area contributed by atoms with E-state index in [4.69, 9.17) is 14.5 Å². The highest BCUT2D eigenvalue weighted by molar-refractivity contribution is 5.97. The van der Waals surface area contributed by atoms with Crippen LogP contribution in [0.15, 0.2) is 48.5 Å². The summed E-state index contributed by atoms with van der Waals surface area (Å²) in [6.07, 6.45) is 0. The van der Waals surface area contributed by atoms with Crippen molar-refractivity contribution in [3.05, 3.63) is 59.9 Å². The molecular formula is C20H23N3O3. The number of benzene rings is 2. The topological polar surface area (TPSA) is 65.4 Å². The second-order valence-electron chi connectivity index (χ2n) is 6.00. The molecule has 136 valence electrons. The van der Waals surface area contributed by atoms with Crippen molar-refractivity contribution >= 4 is 16.9 Å². The first-order chi connectivity index (χ1) is 12.7. The number of nitrogens with zero attached hydrogens (tertiary/aromatic N) is 2. The number of amides is 1. The largest absolute Gasteiger partial charge is 0.496 e. The number of imidazole rings is 1. The molecule has 6 heteroatoms. The fourth-order valence-electron chi connectivity index (χ4n) is 3.01. The number of carbonyl (C=O) groups is 1. The quantitative estimate of drug-likeness (QED) is 0.708. The maximum atomic E-state index is 12.7. The number of hydrogen-bond acceptors (Lipinski definition) is 4. The van der Waals surface area contributed by atoms with E-state index in [-0.39, 0.29) is 11.9 Å². The van der Waals surface area contributed by atoms with Crippen LogP contribution in [0.4, 0.5) is 0 Å². The van der Waals surface area contributed by atoms with Gasteiger partial charge in [-0.05, 0) is 31.2 Å². The zero-order valence-electron chi connectivity index (χ0n) is 15.2. The molecule has 1 heterocycles. The van der Waals surface area contributed by atoms with Crippen molar-refractivity contribution in [3.63, 3.8) is 0 Å². The molecule has 1 atom stereocenters. The molecule has 1 amide bonds. The van der Waals surface area contributed by atoms with E-state index in [0.717, 1.165) is 16.9 Å². The number of ether oxygens (including phenoxy) is 2. The van der Waals surface area contributed by atoms with E-state index in [2.05, 4.69) is 9.88 Å². The molecule has 0 spiro atoms. The van der Waals surface area contributed by atoms with Crippen molar-refractivity contribution in [2.75, 3.05) is 20.8 Å². The van der Waals surface area contributed by atoms with Gasteiger partial charge in [0.25, 0.3) is 5.91 Å². The highest BCUT2D eigenvalue weighted by atomic mass is 16.5. The van der Waals surface area contributed by atoms with Gasteiger partial charge in [0.05, 0.1) is 36.4 Å². The van der Waals surface area contributed by atoms with E-state index in [9.17, 15) is 4.79 Å². The summed E-state index contributed by atoms with van der Waals surface area (Å²) in [4.78, 5) is 17.4. The zero-order valence-corrected chi connectivity index (χ0v) is 15.2. The summed E-state index contributed by atoms with van der Waals surface area (Å²) in [7, 11) is 3.23. The summed E-state index contributed by atoms with van der Waals surface area (Å²) in [6.45, 7) is 3.17. The van der Waals surface area contributed by atoms with E-state index >= 15 is 0 Å². The fraction of sp³-hybridized carbons (Fsp3) is 0.300. The molecule has 1 unspecified atom stereocenters. The Labute approximate surface area is 152 Å². The van der Waals surface area contributed by atoms with Gasteiger partial charge >= 0.3 is 0 Å². The SMILES string of the molecule is COCCn1c(C(C)NC(=O)c2ccccc2OC)nc2ccccc21. The summed E-state index contributed by atoms with van der Waals surface area (Å²) < 4.78 is 12.6. The summed E-state index contributed by atoms with van der Waals surface area (Å²) in [5, 5.41) is 3.02. The standard InChI is InChI=1S/C20H23N3O3/c1-14(21-20(24)15-8-4-7-11-18(15)26-3)19-22-16-9-5-6-10-17(16)23(19)12-13-25-2/h4-11,14H,12-13H2,1-3H3,(H,21,24). The van der Waals surface area contributed by atoms with Crippen molar-refractivity contribution in [3.8, 4) is 5.75 Å². The van der Waals surface area contributed by atoms with E-state index in [0.29, 0.717) is 24.5 Å². The monoisotopic (exact) mass is 353 g/mol. The molecule has 3 rings (SSSR count). The first-order valence-electron chi connectivity index (χ1n) is 8.53. The van der Waals surface area contributed by atoms with Crippen LogP contribution in [0.3, 0.4) is 0 Å². The van der Waals surface area contributed by atoms with Gasteiger partial charge in [0, 0.05) is 13.7 Å². The van der Waals surface area contributed by atoms with Crippen LogP contribution in [-0.4, -0.2) is 36.3 Å². The van der Waals surface area contributed by atoms with Gasteiger partial charge in [-0.2, -0.15) is 0 Å². The lowest BCUT2D eigenvalue weighted by atomic mass is 10.1. The average Bonchev–Trinajstić information content (AvgIpc) is 3.05. The Hall–Kier alpha value is -2.86. The molecule has 26 heavy (non-hydrogen) atoms. The second-order valence-corrected chi connectivity index (χ2v) is 6.00. The Morgan fingerprint density at radius 3 is 2.65 bits per heavy atom. The van der Waals surface area contributed by atoms with Gasteiger partial charge in [0.15, 0.2) is 0 Å². The van der Waals surface area contributed by atoms with Crippen molar-refractivity contribution in [2.24, 2.45) is 0 Å². The number of nitrogens with one attached hydrogen (secondary N) is 1. The molecule has 1 aromatic heterocycles. The van der Waals surface area contributed by atoms with Gasteiger partial charge in [0.2, 0.25) is 0 Å². The van der Waals surface area contributed by atoms with Crippen LogP contribution < -0.4 is 10.1 Å². The molecule has 0 aliphatic carbocycles. The number of methoxy groups -OCH3 is 2. The van der Waals surface area contributed by atoms with Crippen LogP contribution in [0.2, 0.25) is 0 Å². The number of hydrogen-bond donors (Lipinski definition) is 1. The van der Waals surface area contributed by atoms with Crippen LogP contribution in [0.1, 0.15) is 29.1 Å². The van der Waals surface area contributed by atoms with Crippen LogP contribution in [-0.2, 0) is 11.3 Å². The molecule has 0 radical (unpaired) electrons. The van der Waals surface area contributed by atoms with Gasteiger partial charge in [-0.1, -0.05) is 24.3 Å². The first-order valence-corrected chi connectivity index (χ1v) is 8.53. The van der Waals surface area contributed by atoms with E-state index in [1.165, 1.54) is 0 Å². The summed E-state index contributed by atoms with van der Waals surface area (Å²) in [5.41, 5.74) is 2.43. The number of para-hydroxylation sites is 3. The molecular weight excluding hydrogens is 330 g/mol. The number of fused-ring (bicyclic) bond motifs is 1. The molecule has 2 aromatic carbocycles. The number of rotatable bonds is 7. The van der Waals surface area contributed by atoms with Gasteiger partial charge in [-0.15, -0.1) is 0 Å². The van der Waals surface area contributed by atoms with Crippen LogP contribution in [0, 0.1) is 0 Å². The van der Waals surface area contributed by atoms with E-state index in [1.54, 1.807) is 26.4 Å². The fourth-order valence-corrected chi connectivity index (χ4v) is 3.01. The first kappa shape index (κ1) is 17.9.